The van der Waals surface area contributed by atoms with Crippen LogP contribution in [0.5, 0.6) is 11.5 Å². The van der Waals surface area contributed by atoms with Gasteiger partial charge in [0.25, 0.3) is 0 Å². The molecule has 2 rings (SSSR count). The van der Waals surface area contributed by atoms with E-state index in [2.05, 4.69) is 17.5 Å². The second kappa shape index (κ2) is 7.95. The van der Waals surface area contributed by atoms with Gasteiger partial charge in [-0.3, -0.25) is 0 Å². The van der Waals surface area contributed by atoms with Crippen LogP contribution >= 0.6 is 0 Å². The molecule has 1 N–H and O–H groups in total. The average Bonchev–Trinajstić information content (AvgIpc) is 2.52. The molecule has 20 heavy (non-hydrogen) atoms. The zero-order valence-electron chi connectivity index (χ0n) is 12.6. The highest BCUT2D eigenvalue weighted by atomic mass is 16.5. The summed E-state index contributed by atoms with van der Waals surface area (Å²) >= 11 is 0. The van der Waals surface area contributed by atoms with Gasteiger partial charge in [-0.1, -0.05) is 17.7 Å². The summed E-state index contributed by atoms with van der Waals surface area (Å²) in [5.74, 6) is 1.57. The lowest BCUT2D eigenvalue weighted by atomic mass is 9.97. The van der Waals surface area contributed by atoms with Crippen molar-refractivity contribution in [2.75, 3.05) is 20.8 Å². The maximum Gasteiger partial charge on any atom is 0.161 e. The molecule has 0 saturated heterocycles. The third-order valence-electron chi connectivity index (χ3n) is 3.78. The zero-order chi connectivity index (χ0) is 14.2. The van der Waals surface area contributed by atoms with E-state index in [0.717, 1.165) is 24.6 Å². The second-order valence-corrected chi connectivity index (χ2v) is 5.22. The fraction of sp³-hybridized carbons (Fsp3) is 0.529. The van der Waals surface area contributed by atoms with Gasteiger partial charge in [0.05, 0.1) is 14.2 Å². The van der Waals surface area contributed by atoms with Crippen molar-refractivity contribution in [3.05, 3.63) is 35.4 Å². The molecule has 0 unspecified atom stereocenters. The first-order valence-electron chi connectivity index (χ1n) is 7.43. The molecule has 0 heterocycles. The number of ether oxygens (including phenoxy) is 2. The van der Waals surface area contributed by atoms with Crippen LogP contribution in [-0.2, 0) is 6.54 Å². The Morgan fingerprint density at radius 2 is 1.95 bits per heavy atom. The lowest BCUT2D eigenvalue weighted by Gasteiger charge is -2.13. The van der Waals surface area contributed by atoms with Gasteiger partial charge in [0.15, 0.2) is 11.5 Å². The number of methoxy groups -OCH3 is 2. The number of hydrogen-bond donors (Lipinski definition) is 1. The summed E-state index contributed by atoms with van der Waals surface area (Å²) in [6.07, 6.45) is 8.88. The van der Waals surface area contributed by atoms with Crippen LogP contribution < -0.4 is 14.8 Å². The predicted octanol–water partition coefficient (Wildman–Crippen LogP) is 3.68. The lowest BCUT2D eigenvalue weighted by Crippen LogP contribution is -2.15. The fourth-order valence-corrected chi connectivity index (χ4v) is 2.60. The van der Waals surface area contributed by atoms with E-state index in [1.165, 1.54) is 37.7 Å². The van der Waals surface area contributed by atoms with Crippen molar-refractivity contribution in [1.29, 1.82) is 0 Å². The molecule has 3 nitrogen and oxygen atoms in total. The molecule has 1 aliphatic rings. The summed E-state index contributed by atoms with van der Waals surface area (Å²) in [7, 11) is 3.33. The summed E-state index contributed by atoms with van der Waals surface area (Å²) in [4.78, 5) is 0. The molecule has 0 amide bonds. The van der Waals surface area contributed by atoms with Gasteiger partial charge in [-0.2, -0.15) is 0 Å². The molecule has 0 spiro atoms. The molecule has 1 aromatic rings. The SMILES string of the molecule is COc1ccc(CNCCC2=CCCCC2)cc1OC. The van der Waals surface area contributed by atoms with Crippen molar-refractivity contribution in [2.45, 2.75) is 38.6 Å². The van der Waals surface area contributed by atoms with Crippen LogP contribution in [0.2, 0.25) is 0 Å². The van der Waals surface area contributed by atoms with Crippen LogP contribution in [0.15, 0.2) is 29.8 Å². The van der Waals surface area contributed by atoms with Gasteiger partial charge in [-0.05, 0) is 56.3 Å². The number of benzene rings is 1. The minimum Gasteiger partial charge on any atom is -0.493 e. The smallest absolute Gasteiger partial charge is 0.161 e. The Balaban J connectivity index is 1.77. The molecule has 0 aromatic heterocycles. The van der Waals surface area contributed by atoms with Crippen LogP contribution in [0, 0.1) is 0 Å². The number of rotatable bonds is 7. The molecule has 0 aliphatic heterocycles. The minimum atomic E-state index is 0.781. The summed E-state index contributed by atoms with van der Waals surface area (Å²) in [6.45, 7) is 1.91. The molecule has 0 bridgehead atoms. The lowest BCUT2D eigenvalue weighted by molar-refractivity contribution is 0.354. The summed E-state index contributed by atoms with van der Waals surface area (Å²) in [6, 6.07) is 6.07. The van der Waals surface area contributed by atoms with Crippen LogP contribution in [0.25, 0.3) is 0 Å². The summed E-state index contributed by atoms with van der Waals surface area (Å²) < 4.78 is 10.6. The van der Waals surface area contributed by atoms with Gasteiger partial charge in [-0.25, -0.2) is 0 Å². The van der Waals surface area contributed by atoms with E-state index in [-0.39, 0.29) is 0 Å². The molecule has 0 saturated carbocycles. The van der Waals surface area contributed by atoms with Gasteiger partial charge < -0.3 is 14.8 Å². The first-order valence-corrected chi connectivity index (χ1v) is 7.43. The number of hydrogen-bond acceptors (Lipinski definition) is 3. The van der Waals surface area contributed by atoms with Crippen LogP contribution in [0.3, 0.4) is 0 Å². The fourth-order valence-electron chi connectivity index (χ4n) is 2.60. The Labute approximate surface area is 122 Å². The van der Waals surface area contributed by atoms with Gasteiger partial charge >= 0.3 is 0 Å². The van der Waals surface area contributed by atoms with E-state index >= 15 is 0 Å². The van der Waals surface area contributed by atoms with E-state index < -0.39 is 0 Å². The Morgan fingerprint density at radius 3 is 2.65 bits per heavy atom. The average molecular weight is 275 g/mol. The third kappa shape index (κ3) is 4.27. The zero-order valence-corrected chi connectivity index (χ0v) is 12.6. The van der Waals surface area contributed by atoms with E-state index in [9.17, 15) is 0 Å². The Bertz CT molecular complexity index is 454. The number of allylic oxidation sites excluding steroid dienone is 1. The van der Waals surface area contributed by atoms with Crippen molar-refractivity contribution in [3.63, 3.8) is 0 Å². The standard InChI is InChI=1S/C17H25NO2/c1-19-16-9-8-15(12-17(16)20-2)13-18-11-10-14-6-4-3-5-7-14/h6,8-9,12,18H,3-5,7,10-11,13H2,1-2H3. The van der Waals surface area contributed by atoms with Crippen LogP contribution in [-0.4, -0.2) is 20.8 Å². The van der Waals surface area contributed by atoms with E-state index in [4.69, 9.17) is 9.47 Å². The third-order valence-corrected chi connectivity index (χ3v) is 3.78. The highest BCUT2D eigenvalue weighted by molar-refractivity contribution is 5.42. The molecule has 110 valence electrons. The predicted molar refractivity (Wildman–Crippen MR) is 82.4 cm³/mol. The van der Waals surface area contributed by atoms with E-state index in [1.807, 2.05) is 12.1 Å². The monoisotopic (exact) mass is 275 g/mol. The van der Waals surface area contributed by atoms with Gasteiger partial charge in [0, 0.05) is 6.54 Å². The van der Waals surface area contributed by atoms with Crippen molar-refractivity contribution in [1.82, 2.24) is 5.32 Å². The molecule has 0 atom stereocenters. The summed E-state index contributed by atoms with van der Waals surface area (Å²) in [5.41, 5.74) is 2.84. The molecule has 1 aromatic carbocycles. The Kier molecular flexibility index (Phi) is 5.93. The molecule has 1 aliphatic carbocycles. The van der Waals surface area contributed by atoms with Crippen LogP contribution in [0.4, 0.5) is 0 Å². The highest BCUT2D eigenvalue weighted by Gasteiger charge is 2.05. The van der Waals surface area contributed by atoms with Gasteiger partial charge in [0.1, 0.15) is 0 Å². The first kappa shape index (κ1) is 14.9. The normalized spacial score (nSPS) is 14.8. The van der Waals surface area contributed by atoms with E-state index in [0.29, 0.717) is 0 Å². The maximum atomic E-state index is 5.32. The van der Waals surface area contributed by atoms with Gasteiger partial charge in [-0.15, -0.1) is 0 Å². The van der Waals surface area contributed by atoms with Crippen LogP contribution in [0.1, 0.15) is 37.7 Å². The van der Waals surface area contributed by atoms with Crippen molar-refractivity contribution in [2.24, 2.45) is 0 Å². The molecular weight excluding hydrogens is 250 g/mol. The quantitative estimate of drug-likeness (QED) is 0.608. The van der Waals surface area contributed by atoms with Crippen molar-refractivity contribution >= 4 is 0 Å². The molecular formula is C17H25NO2. The highest BCUT2D eigenvalue weighted by Crippen LogP contribution is 2.27. The Hall–Kier alpha value is -1.48. The van der Waals surface area contributed by atoms with E-state index in [1.54, 1.807) is 19.8 Å². The minimum absolute atomic E-state index is 0.781. The first-order chi connectivity index (χ1) is 9.83. The molecule has 0 radical (unpaired) electrons. The number of nitrogens with one attached hydrogen (secondary N) is 1. The second-order valence-electron chi connectivity index (χ2n) is 5.22. The molecule has 3 heteroatoms. The van der Waals surface area contributed by atoms with Crippen molar-refractivity contribution in [3.8, 4) is 11.5 Å². The van der Waals surface area contributed by atoms with Gasteiger partial charge in [0.2, 0.25) is 0 Å². The molecule has 0 fully saturated rings. The topological polar surface area (TPSA) is 30.5 Å². The van der Waals surface area contributed by atoms with Crippen molar-refractivity contribution < 1.29 is 9.47 Å². The summed E-state index contributed by atoms with van der Waals surface area (Å²) in [5, 5.41) is 3.50. The maximum absolute atomic E-state index is 5.32. The largest absolute Gasteiger partial charge is 0.493 e. The Morgan fingerprint density at radius 1 is 1.10 bits per heavy atom.